The second kappa shape index (κ2) is 29.7. The minimum Gasteiger partial charge on any atom is -0.426 e. The Kier molecular flexibility index (Phi) is 28.1. The fraction of sp³-hybridized carbons (Fsp3) is 0.853. The van der Waals surface area contributed by atoms with E-state index in [1.54, 1.807) is 0 Å². The van der Waals surface area contributed by atoms with Crippen LogP contribution in [0.15, 0.2) is 0 Å². The van der Waals surface area contributed by atoms with Crippen LogP contribution in [0, 0.1) is 0 Å². The molecule has 0 heterocycles. The molecule has 5 amide bonds. The van der Waals surface area contributed by atoms with Gasteiger partial charge in [-0.1, -0.05) is 51.9 Å². The van der Waals surface area contributed by atoms with Crippen LogP contribution in [0.3, 0.4) is 0 Å². The van der Waals surface area contributed by atoms with Gasteiger partial charge in [-0.2, -0.15) is 0 Å². The van der Waals surface area contributed by atoms with Crippen molar-refractivity contribution in [3.8, 4) is 0 Å². The summed E-state index contributed by atoms with van der Waals surface area (Å²) in [6.07, 6.45) is 11.3. The maximum absolute atomic E-state index is 13.3. The smallest absolute Gasteiger partial charge is 0.426 e. The highest BCUT2D eigenvalue weighted by Crippen LogP contribution is 2.08. The molecule has 0 saturated heterocycles. The summed E-state index contributed by atoms with van der Waals surface area (Å²) in [5, 5.41) is 45.0. The van der Waals surface area contributed by atoms with Gasteiger partial charge in [-0.3, -0.25) is 24.0 Å². The highest BCUT2D eigenvalue weighted by Gasteiger charge is 2.32. The van der Waals surface area contributed by atoms with Crippen LogP contribution < -0.4 is 43.4 Å². The Morgan fingerprint density at radius 3 is 1.67 bits per heavy atom. The lowest BCUT2D eigenvalue weighted by Crippen LogP contribution is -2.60. The lowest BCUT2D eigenvalue weighted by molar-refractivity contribution is -0.136. The summed E-state index contributed by atoms with van der Waals surface area (Å²) < 4.78 is 0. The van der Waals surface area contributed by atoms with Gasteiger partial charge in [-0.05, 0) is 85.4 Å². The lowest BCUT2D eigenvalue weighted by Gasteiger charge is -2.27. The van der Waals surface area contributed by atoms with E-state index in [1.807, 2.05) is 0 Å². The first-order valence-electron chi connectivity index (χ1n) is 18.9. The first-order valence-corrected chi connectivity index (χ1v) is 18.9. The van der Waals surface area contributed by atoms with Gasteiger partial charge in [0, 0.05) is 13.0 Å². The minimum absolute atomic E-state index is 0.162. The highest BCUT2D eigenvalue weighted by molar-refractivity contribution is 6.43. The van der Waals surface area contributed by atoms with Crippen molar-refractivity contribution in [3.05, 3.63) is 0 Å². The molecule has 0 aromatic heterocycles. The Bertz CT molecular complexity index is 994. The average Bonchev–Trinajstić information content (AvgIpc) is 3.08. The summed E-state index contributed by atoms with van der Waals surface area (Å²) in [7, 11) is -1.81. The van der Waals surface area contributed by atoms with Crippen molar-refractivity contribution < 1.29 is 39.1 Å². The number of hydrogen-bond donors (Lipinski definition) is 11. The normalized spacial score (nSPS) is 14.7. The third kappa shape index (κ3) is 23.4. The molecule has 51 heavy (non-hydrogen) atoms. The van der Waals surface area contributed by atoms with Gasteiger partial charge in [-0.25, -0.2) is 0 Å². The van der Waals surface area contributed by atoms with E-state index < -0.39 is 67.0 Å². The van der Waals surface area contributed by atoms with Crippen LogP contribution in [-0.4, -0.2) is 114 Å². The summed E-state index contributed by atoms with van der Waals surface area (Å²) in [5.74, 6) is -4.20. The molecule has 0 spiro atoms. The quantitative estimate of drug-likeness (QED) is 0.0311. The Hall–Kier alpha value is -2.83. The van der Waals surface area contributed by atoms with Crippen LogP contribution in [0.2, 0.25) is 0 Å². The van der Waals surface area contributed by atoms with E-state index in [0.29, 0.717) is 45.3 Å². The van der Waals surface area contributed by atoms with Gasteiger partial charge in [0.1, 0.15) is 24.2 Å². The van der Waals surface area contributed by atoms with Crippen molar-refractivity contribution in [1.82, 2.24) is 31.9 Å². The van der Waals surface area contributed by atoms with Gasteiger partial charge in [-0.15, -0.1) is 0 Å². The van der Waals surface area contributed by atoms with E-state index in [1.165, 1.54) is 59.3 Å². The molecule has 0 rings (SSSR count). The monoisotopic (exact) mass is 729 g/mol. The van der Waals surface area contributed by atoms with E-state index in [9.17, 15) is 39.1 Å². The maximum Gasteiger partial charge on any atom is 0.475 e. The van der Waals surface area contributed by atoms with E-state index >= 15 is 0 Å². The van der Waals surface area contributed by atoms with E-state index in [-0.39, 0.29) is 25.2 Å². The Morgan fingerprint density at radius 1 is 0.608 bits per heavy atom. The topological polar surface area (TPSA) is 270 Å². The molecule has 0 aliphatic heterocycles. The maximum atomic E-state index is 13.3. The van der Waals surface area contributed by atoms with Gasteiger partial charge in [0.25, 0.3) is 0 Å². The summed E-state index contributed by atoms with van der Waals surface area (Å²) in [6, 6.07) is -4.65. The molecule has 0 saturated carbocycles. The Labute approximate surface area is 305 Å². The predicted molar refractivity (Wildman–Crippen MR) is 199 cm³/mol. The van der Waals surface area contributed by atoms with E-state index in [2.05, 4.69) is 38.8 Å². The molecule has 0 fully saturated rings. The summed E-state index contributed by atoms with van der Waals surface area (Å²) in [5.41, 5.74) is 11.2. The van der Waals surface area contributed by atoms with Gasteiger partial charge < -0.3 is 58.5 Å². The van der Waals surface area contributed by atoms with Crippen LogP contribution in [0.4, 0.5) is 0 Å². The molecule has 17 heteroatoms. The van der Waals surface area contributed by atoms with Crippen molar-refractivity contribution >= 4 is 36.7 Å². The molecule has 0 aromatic carbocycles. The largest absolute Gasteiger partial charge is 0.475 e. The molecule has 0 bridgehead atoms. The second-order valence-corrected chi connectivity index (χ2v) is 13.4. The molecule has 296 valence electrons. The second-order valence-electron chi connectivity index (χ2n) is 13.4. The zero-order valence-electron chi connectivity index (χ0n) is 31.5. The number of unbranched alkanes of at least 4 members (excludes halogenated alkanes) is 9. The summed E-state index contributed by atoms with van der Waals surface area (Å²) in [4.78, 5) is 65.0. The van der Waals surface area contributed by atoms with E-state index in [0.717, 1.165) is 19.4 Å². The zero-order chi connectivity index (χ0) is 38.6. The number of aliphatic hydroxyl groups excluding tert-OH is 1. The van der Waals surface area contributed by atoms with Gasteiger partial charge in [0.2, 0.25) is 29.5 Å². The summed E-state index contributed by atoms with van der Waals surface area (Å²) in [6.45, 7) is 8.32. The van der Waals surface area contributed by atoms with Gasteiger partial charge in [0.05, 0.1) is 12.0 Å². The number of hydrogen-bond acceptors (Lipinski definition) is 11. The zero-order valence-corrected chi connectivity index (χ0v) is 31.5. The molecule has 16 nitrogen and oxygen atoms in total. The number of nitrogens with two attached hydrogens (primary N) is 2. The number of nitrogens with one attached hydrogen (secondary N) is 6. The first kappa shape index (κ1) is 48.2. The fourth-order valence-corrected chi connectivity index (χ4v) is 5.22. The molecule has 0 aliphatic rings. The molecule has 13 N–H and O–H groups in total. The van der Waals surface area contributed by atoms with Gasteiger partial charge >= 0.3 is 7.12 Å². The van der Waals surface area contributed by atoms with Crippen LogP contribution >= 0.6 is 0 Å². The van der Waals surface area contributed by atoms with Crippen LogP contribution in [0.25, 0.3) is 0 Å². The Morgan fingerprint density at radius 2 is 1.14 bits per heavy atom. The van der Waals surface area contributed by atoms with E-state index in [4.69, 9.17) is 11.5 Å². The standard InChI is InChI=1S/C34H69BN8O8/c1-5-6-7-8-9-10-11-16-22-38-23-19-29(45)41-27(17-12-14-20-36)33(48)43-30(25(3)44)34(49)39-24(2)31(46)42-28(18-13-15-21-37)32(47)40-26(4)35(50)51/h24-28,30,38,44,50-51H,5-23,36-37H2,1-4H3,(H,39,49)(H,40,47)(H,41,45)(H,42,46)(H,43,48). The molecule has 0 aliphatic carbocycles. The number of amides is 5. The molecular weight excluding hydrogens is 659 g/mol. The third-order valence-corrected chi connectivity index (χ3v) is 8.55. The number of aliphatic hydroxyl groups is 1. The van der Waals surface area contributed by atoms with Crippen molar-refractivity contribution in [2.24, 2.45) is 11.5 Å². The highest BCUT2D eigenvalue weighted by atomic mass is 16.4. The van der Waals surface area contributed by atoms with Crippen molar-refractivity contribution in [2.75, 3.05) is 26.2 Å². The average molecular weight is 729 g/mol. The van der Waals surface area contributed by atoms with Crippen molar-refractivity contribution in [3.63, 3.8) is 0 Å². The molecule has 0 aromatic rings. The molecular formula is C34H69BN8O8. The van der Waals surface area contributed by atoms with Crippen molar-refractivity contribution in [1.29, 1.82) is 0 Å². The predicted octanol–water partition coefficient (Wildman–Crippen LogP) is -0.779. The van der Waals surface area contributed by atoms with Gasteiger partial charge in [0.15, 0.2) is 0 Å². The summed E-state index contributed by atoms with van der Waals surface area (Å²) >= 11 is 0. The number of carbonyl (C=O) groups is 5. The van der Waals surface area contributed by atoms with Crippen LogP contribution in [-0.2, 0) is 24.0 Å². The van der Waals surface area contributed by atoms with Crippen LogP contribution in [0.5, 0.6) is 0 Å². The van der Waals surface area contributed by atoms with Crippen molar-refractivity contribution in [2.45, 2.75) is 160 Å². The number of carbonyl (C=O) groups excluding carboxylic acids is 5. The minimum atomic E-state index is -1.81. The fourth-order valence-electron chi connectivity index (χ4n) is 5.22. The van der Waals surface area contributed by atoms with Crippen LogP contribution in [0.1, 0.15) is 124 Å². The first-order chi connectivity index (χ1) is 24.3. The number of rotatable bonds is 31. The molecule has 0 radical (unpaired) electrons. The molecule has 6 unspecified atom stereocenters. The lowest BCUT2D eigenvalue weighted by atomic mass is 9.81. The third-order valence-electron chi connectivity index (χ3n) is 8.55. The SMILES string of the molecule is CCCCCCCCCCNCCC(=O)NC(CCCCN)C(=O)NC(C(=O)NC(C)C(=O)NC(CCCCN)C(=O)NC(C)B(O)O)C(C)O. The molecule has 6 atom stereocenters. The Balaban J connectivity index is 5.18.